The fourth-order valence-corrected chi connectivity index (χ4v) is 4.37. The molecule has 1 aromatic rings. The lowest BCUT2D eigenvalue weighted by molar-refractivity contribution is -0.130. The van der Waals surface area contributed by atoms with E-state index >= 15 is 0 Å². The van der Waals surface area contributed by atoms with Gasteiger partial charge < -0.3 is 15.0 Å². The van der Waals surface area contributed by atoms with Gasteiger partial charge in [-0.25, -0.2) is 4.39 Å². The Balaban J connectivity index is 1.50. The summed E-state index contributed by atoms with van der Waals surface area (Å²) >= 11 is 0. The maximum atomic E-state index is 13.0. The van der Waals surface area contributed by atoms with E-state index in [1.807, 2.05) is 4.90 Å². The van der Waals surface area contributed by atoms with Gasteiger partial charge in [-0.1, -0.05) is 12.1 Å². The van der Waals surface area contributed by atoms with Gasteiger partial charge in [0.05, 0.1) is 6.42 Å². The van der Waals surface area contributed by atoms with Crippen LogP contribution in [0, 0.1) is 5.82 Å². The van der Waals surface area contributed by atoms with Gasteiger partial charge in [0.15, 0.2) is 0 Å². The highest BCUT2D eigenvalue weighted by atomic mass is 19.1. The zero-order valence-electron chi connectivity index (χ0n) is 17.2. The molecule has 0 radical (unpaired) electrons. The molecule has 0 atom stereocenters. The van der Waals surface area contributed by atoms with E-state index in [2.05, 4.69) is 10.2 Å². The van der Waals surface area contributed by atoms with Gasteiger partial charge in [0, 0.05) is 58.4 Å². The van der Waals surface area contributed by atoms with Crippen molar-refractivity contribution >= 4 is 11.8 Å². The molecule has 3 rings (SSSR count). The van der Waals surface area contributed by atoms with Crippen LogP contribution in [0.2, 0.25) is 0 Å². The number of amides is 2. The molecule has 2 amide bonds. The van der Waals surface area contributed by atoms with Crippen molar-refractivity contribution < 1.29 is 18.7 Å². The van der Waals surface area contributed by atoms with Crippen molar-refractivity contribution in [2.24, 2.45) is 0 Å². The number of carbonyl (C=O) groups excluding carboxylic acids is 2. The minimum atomic E-state index is -0.294. The van der Waals surface area contributed by atoms with Crippen LogP contribution in [0.4, 0.5) is 4.39 Å². The number of carbonyl (C=O) groups is 2. The average Bonchev–Trinajstić information content (AvgIpc) is 2.74. The number of hydrogen-bond acceptors (Lipinski definition) is 4. The van der Waals surface area contributed by atoms with Gasteiger partial charge in [0.2, 0.25) is 11.8 Å². The Morgan fingerprint density at radius 3 is 2.34 bits per heavy atom. The molecule has 1 N–H and O–H groups in total. The molecule has 0 bridgehead atoms. The number of rotatable bonds is 7. The van der Waals surface area contributed by atoms with Gasteiger partial charge >= 0.3 is 0 Å². The molecule has 160 valence electrons. The maximum Gasteiger partial charge on any atom is 0.224 e. The number of nitrogens with zero attached hydrogens (tertiary/aromatic N) is 2. The summed E-state index contributed by atoms with van der Waals surface area (Å²) in [5.74, 6) is -0.193. The lowest BCUT2D eigenvalue weighted by Gasteiger charge is -2.43. The Hall–Kier alpha value is -1.99. The quantitative estimate of drug-likeness (QED) is 0.754. The van der Waals surface area contributed by atoms with Gasteiger partial charge in [-0.05, 0) is 43.4 Å². The first kappa shape index (κ1) is 21.7. The highest BCUT2D eigenvalue weighted by molar-refractivity contribution is 5.78. The molecule has 2 heterocycles. The fraction of sp³-hybridized carbons (Fsp3) is 0.636. The second kappa shape index (κ2) is 10.7. The predicted octanol–water partition coefficient (Wildman–Crippen LogP) is 1.98. The van der Waals surface area contributed by atoms with E-state index in [0.717, 1.165) is 64.1 Å². The van der Waals surface area contributed by atoms with Crippen LogP contribution < -0.4 is 5.32 Å². The molecule has 2 aliphatic heterocycles. The van der Waals surface area contributed by atoms with Crippen molar-refractivity contribution in [2.45, 2.75) is 51.1 Å². The van der Waals surface area contributed by atoms with Gasteiger partial charge in [-0.3, -0.25) is 14.5 Å². The van der Waals surface area contributed by atoms with E-state index in [9.17, 15) is 14.0 Å². The molecule has 0 saturated carbocycles. The van der Waals surface area contributed by atoms with Crippen LogP contribution in [0.5, 0.6) is 0 Å². The number of nitrogens with one attached hydrogen (secondary N) is 1. The average molecular weight is 406 g/mol. The van der Waals surface area contributed by atoms with Crippen molar-refractivity contribution in [1.29, 1.82) is 0 Å². The number of likely N-dealkylation sites (tertiary alicyclic amines) is 1. The Morgan fingerprint density at radius 1 is 1.10 bits per heavy atom. The molecule has 7 heteroatoms. The topological polar surface area (TPSA) is 61.9 Å². The summed E-state index contributed by atoms with van der Waals surface area (Å²) in [5.41, 5.74) is 0.807. The maximum absolute atomic E-state index is 13.0. The van der Waals surface area contributed by atoms with Crippen LogP contribution in [0.1, 0.15) is 38.2 Å². The van der Waals surface area contributed by atoms with Crippen molar-refractivity contribution in [2.75, 3.05) is 39.4 Å². The molecular formula is C22H32FN3O3. The predicted molar refractivity (Wildman–Crippen MR) is 109 cm³/mol. The van der Waals surface area contributed by atoms with Gasteiger partial charge in [-0.2, -0.15) is 0 Å². The van der Waals surface area contributed by atoms with E-state index in [1.54, 1.807) is 19.1 Å². The van der Waals surface area contributed by atoms with Gasteiger partial charge in [-0.15, -0.1) is 0 Å². The highest BCUT2D eigenvalue weighted by Gasteiger charge is 2.31. The standard InChI is InChI=1S/C22H32FN3O3/c1-17(27)25-11-6-20(7-12-25)26(21-8-14-29-15-9-21)13-10-24-22(28)16-18-2-4-19(23)5-3-18/h2-5,20-21H,6-16H2,1H3,(H,24,28). The lowest BCUT2D eigenvalue weighted by atomic mass is 9.98. The van der Waals surface area contributed by atoms with Crippen molar-refractivity contribution in [3.8, 4) is 0 Å². The summed E-state index contributed by atoms with van der Waals surface area (Å²) in [6.07, 6.45) is 4.22. The first-order chi connectivity index (χ1) is 14.0. The number of piperidine rings is 1. The molecule has 0 unspecified atom stereocenters. The number of benzene rings is 1. The van der Waals surface area contributed by atoms with Gasteiger partial charge in [0.25, 0.3) is 0 Å². The molecule has 0 aliphatic carbocycles. The van der Waals surface area contributed by atoms with Crippen LogP contribution in [-0.2, 0) is 20.7 Å². The first-order valence-corrected chi connectivity index (χ1v) is 10.6. The number of ether oxygens (including phenoxy) is 1. The summed E-state index contributed by atoms with van der Waals surface area (Å²) in [5, 5.41) is 3.01. The summed E-state index contributed by atoms with van der Waals surface area (Å²) in [4.78, 5) is 28.3. The largest absolute Gasteiger partial charge is 0.381 e. The molecule has 0 spiro atoms. The van der Waals surface area contributed by atoms with E-state index in [4.69, 9.17) is 4.74 Å². The Bertz CT molecular complexity index is 668. The third-order valence-electron chi connectivity index (χ3n) is 6.01. The highest BCUT2D eigenvalue weighted by Crippen LogP contribution is 2.23. The Morgan fingerprint density at radius 2 is 1.72 bits per heavy atom. The smallest absolute Gasteiger partial charge is 0.224 e. The molecule has 29 heavy (non-hydrogen) atoms. The minimum Gasteiger partial charge on any atom is -0.381 e. The van der Waals surface area contributed by atoms with E-state index in [0.29, 0.717) is 18.6 Å². The van der Waals surface area contributed by atoms with Crippen molar-refractivity contribution in [3.05, 3.63) is 35.6 Å². The summed E-state index contributed by atoms with van der Waals surface area (Å²) in [6.45, 7) is 6.18. The molecule has 2 fully saturated rings. The third-order valence-corrected chi connectivity index (χ3v) is 6.01. The molecular weight excluding hydrogens is 373 g/mol. The zero-order valence-corrected chi connectivity index (χ0v) is 17.2. The summed E-state index contributed by atoms with van der Waals surface area (Å²) in [7, 11) is 0. The van der Waals surface area contributed by atoms with Crippen molar-refractivity contribution in [3.63, 3.8) is 0 Å². The van der Waals surface area contributed by atoms with Crippen LogP contribution in [0.15, 0.2) is 24.3 Å². The van der Waals surface area contributed by atoms with Crippen LogP contribution >= 0.6 is 0 Å². The van der Waals surface area contributed by atoms with E-state index in [-0.39, 0.29) is 24.1 Å². The second-order valence-electron chi connectivity index (χ2n) is 7.97. The van der Waals surface area contributed by atoms with Crippen molar-refractivity contribution in [1.82, 2.24) is 15.1 Å². The van der Waals surface area contributed by atoms with Crippen LogP contribution in [-0.4, -0.2) is 73.1 Å². The Labute approximate surface area is 172 Å². The molecule has 2 saturated heterocycles. The minimum absolute atomic E-state index is 0.0464. The fourth-order valence-electron chi connectivity index (χ4n) is 4.37. The molecule has 1 aromatic carbocycles. The molecule has 6 nitrogen and oxygen atoms in total. The zero-order chi connectivity index (χ0) is 20.6. The number of halogens is 1. The van der Waals surface area contributed by atoms with Gasteiger partial charge in [0.1, 0.15) is 5.82 Å². The number of hydrogen-bond donors (Lipinski definition) is 1. The first-order valence-electron chi connectivity index (χ1n) is 10.6. The van der Waals surface area contributed by atoms with E-state index in [1.165, 1.54) is 12.1 Å². The SMILES string of the molecule is CC(=O)N1CCC(N(CCNC(=O)Cc2ccc(F)cc2)C2CCOCC2)CC1. The van der Waals surface area contributed by atoms with E-state index < -0.39 is 0 Å². The third kappa shape index (κ3) is 6.51. The molecule has 0 aromatic heterocycles. The second-order valence-corrected chi connectivity index (χ2v) is 7.97. The summed E-state index contributed by atoms with van der Waals surface area (Å²) in [6, 6.07) is 6.94. The monoisotopic (exact) mass is 405 g/mol. The summed E-state index contributed by atoms with van der Waals surface area (Å²) < 4.78 is 18.5. The lowest BCUT2D eigenvalue weighted by Crippen LogP contribution is -2.53. The Kier molecular flexibility index (Phi) is 8.00. The van der Waals surface area contributed by atoms with Crippen LogP contribution in [0.25, 0.3) is 0 Å². The van der Waals surface area contributed by atoms with Crippen LogP contribution in [0.3, 0.4) is 0 Å². The normalized spacial score (nSPS) is 18.8. The molecule has 2 aliphatic rings.